The summed E-state index contributed by atoms with van der Waals surface area (Å²) in [5, 5.41) is 12.9. The van der Waals surface area contributed by atoms with Crippen molar-refractivity contribution in [3.05, 3.63) is 93.0 Å². The van der Waals surface area contributed by atoms with Crippen molar-refractivity contribution in [1.29, 1.82) is 0 Å². The van der Waals surface area contributed by atoms with E-state index < -0.39 is 4.92 Å². The summed E-state index contributed by atoms with van der Waals surface area (Å²) >= 11 is 12.1. The summed E-state index contributed by atoms with van der Waals surface area (Å²) in [5.74, 6) is 0. The van der Waals surface area contributed by atoms with Crippen LogP contribution in [0.25, 0.3) is 33.3 Å². The van der Waals surface area contributed by atoms with E-state index in [4.69, 9.17) is 23.2 Å². The molecular weight excluding hydrogens is 383 g/mol. The number of benzene rings is 3. The van der Waals surface area contributed by atoms with Crippen LogP contribution in [0, 0.1) is 10.1 Å². The lowest BCUT2D eigenvalue weighted by atomic mass is 9.98. The fourth-order valence-corrected chi connectivity index (χ4v) is 3.37. The zero-order chi connectivity index (χ0) is 19.0. The number of rotatable bonds is 3. The number of nitro groups is 1. The molecule has 3 aromatic carbocycles. The molecule has 0 amide bonds. The minimum Gasteiger partial charge on any atom is -0.258 e. The zero-order valence-corrected chi connectivity index (χ0v) is 15.4. The van der Waals surface area contributed by atoms with Crippen molar-refractivity contribution >= 4 is 39.8 Å². The Labute approximate surface area is 165 Å². The molecule has 4 rings (SSSR count). The van der Waals surface area contributed by atoms with Gasteiger partial charge in [0.2, 0.25) is 0 Å². The maximum Gasteiger partial charge on any atom is 0.288 e. The maximum atomic E-state index is 11.2. The fraction of sp³-hybridized carbons (Fsp3) is 0. The van der Waals surface area contributed by atoms with Crippen LogP contribution in [-0.4, -0.2) is 9.91 Å². The Hall–Kier alpha value is -2.95. The van der Waals surface area contributed by atoms with Gasteiger partial charge in [-0.15, -0.1) is 0 Å². The highest BCUT2D eigenvalue weighted by molar-refractivity contribution is 6.32. The summed E-state index contributed by atoms with van der Waals surface area (Å²) in [6.45, 7) is 0. The van der Waals surface area contributed by atoms with Crippen molar-refractivity contribution in [1.82, 2.24) is 4.98 Å². The molecule has 0 bridgehead atoms. The Morgan fingerprint density at radius 1 is 0.852 bits per heavy atom. The molecule has 0 aliphatic heterocycles. The standard InChI is InChI=1S/C21H12Cl2N2O2/c22-15-7-9-19-17(11-15)16(13-4-2-1-3-5-13)12-20(24-19)14-6-8-18(23)21(10-14)25(26)27/h1-12H. The molecule has 0 unspecified atom stereocenters. The van der Waals surface area contributed by atoms with Gasteiger partial charge in [0.25, 0.3) is 5.69 Å². The van der Waals surface area contributed by atoms with Crippen LogP contribution in [0.3, 0.4) is 0 Å². The van der Waals surface area contributed by atoms with E-state index in [1.165, 1.54) is 12.1 Å². The van der Waals surface area contributed by atoms with Gasteiger partial charge in [0.15, 0.2) is 0 Å². The van der Waals surface area contributed by atoms with Crippen LogP contribution in [0.1, 0.15) is 0 Å². The van der Waals surface area contributed by atoms with Gasteiger partial charge in [-0.1, -0.05) is 59.6 Å². The first-order valence-electron chi connectivity index (χ1n) is 8.13. The van der Waals surface area contributed by atoms with Crippen LogP contribution in [0.4, 0.5) is 5.69 Å². The second kappa shape index (κ2) is 6.99. The molecule has 4 aromatic rings. The highest BCUT2D eigenvalue weighted by Crippen LogP contribution is 2.35. The van der Waals surface area contributed by atoms with Crippen molar-refractivity contribution in [2.45, 2.75) is 0 Å². The maximum absolute atomic E-state index is 11.2. The van der Waals surface area contributed by atoms with Crippen LogP contribution in [0.5, 0.6) is 0 Å². The van der Waals surface area contributed by atoms with E-state index in [1.54, 1.807) is 12.1 Å². The first-order chi connectivity index (χ1) is 13.0. The molecule has 1 heterocycles. The lowest BCUT2D eigenvalue weighted by Gasteiger charge is -2.11. The predicted molar refractivity (Wildman–Crippen MR) is 109 cm³/mol. The van der Waals surface area contributed by atoms with Crippen molar-refractivity contribution < 1.29 is 4.92 Å². The summed E-state index contributed by atoms with van der Waals surface area (Å²) in [6, 6.07) is 22.0. The van der Waals surface area contributed by atoms with Crippen LogP contribution >= 0.6 is 23.2 Å². The number of hydrogen-bond acceptors (Lipinski definition) is 3. The number of fused-ring (bicyclic) bond motifs is 1. The highest BCUT2D eigenvalue weighted by atomic mass is 35.5. The van der Waals surface area contributed by atoms with Crippen molar-refractivity contribution in [2.75, 3.05) is 0 Å². The molecule has 132 valence electrons. The van der Waals surface area contributed by atoms with Crippen LogP contribution in [0.2, 0.25) is 10.0 Å². The molecule has 4 nitrogen and oxygen atoms in total. The van der Waals surface area contributed by atoms with Gasteiger partial charge >= 0.3 is 0 Å². The van der Waals surface area contributed by atoms with E-state index in [-0.39, 0.29) is 10.7 Å². The molecule has 6 heteroatoms. The zero-order valence-electron chi connectivity index (χ0n) is 13.9. The molecule has 0 radical (unpaired) electrons. The van der Waals surface area contributed by atoms with Crippen molar-refractivity contribution in [3.8, 4) is 22.4 Å². The third-order valence-electron chi connectivity index (χ3n) is 4.29. The topological polar surface area (TPSA) is 56.0 Å². The third kappa shape index (κ3) is 3.37. The van der Waals surface area contributed by atoms with Crippen LogP contribution in [0.15, 0.2) is 72.8 Å². The molecule has 0 atom stereocenters. The van der Waals surface area contributed by atoms with Crippen LogP contribution in [-0.2, 0) is 0 Å². The number of nitro benzene ring substituents is 1. The lowest BCUT2D eigenvalue weighted by Crippen LogP contribution is -1.93. The number of halogens is 2. The van der Waals surface area contributed by atoms with Gasteiger partial charge in [-0.05, 0) is 41.5 Å². The van der Waals surface area contributed by atoms with E-state index in [1.807, 2.05) is 48.5 Å². The molecule has 0 saturated heterocycles. The van der Waals surface area contributed by atoms with Gasteiger partial charge in [0.05, 0.1) is 16.1 Å². The largest absolute Gasteiger partial charge is 0.288 e. The summed E-state index contributed by atoms with van der Waals surface area (Å²) in [6.07, 6.45) is 0. The Morgan fingerprint density at radius 2 is 1.63 bits per heavy atom. The number of hydrogen-bond donors (Lipinski definition) is 0. The smallest absolute Gasteiger partial charge is 0.258 e. The average Bonchev–Trinajstić information content (AvgIpc) is 2.68. The van der Waals surface area contributed by atoms with Crippen LogP contribution < -0.4 is 0 Å². The summed E-state index contributed by atoms with van der Waals surface area (Å²) in [5.41, 5.74) is 3.83. The molecule has 0 aliphatic carbocycles. The normalized spacial score (nSPS) is 10.9. The van der Waals surface area contributed by atoms with E-state index in [0.29, 0.717) is 16.3 Å². The number of pyridine rings is 1. The molecule has 0 aliphatic rings. The lowest BCUT2D eigenvalue weighted by molar-refractivity contribution is -0.384. The van der Waals surface area contributed by atoms with E-state index in [9.17, 15) is 10.1 Å². The molecule has 0 fully saturated rings. The second-order valence-electron chi connectivity index (χ2n) is 6.01. The summed E-state index contributed by atoms with van der Waals surface area (Å²) in [4.78, 5) is 15.4. The highest BCUT2D eigenvalue weighted by Gasteiger charge is 2.16. The van der Waals surface area contributed by atoms with Gasteiger partial charge < -0.3 is 0 Å². The number of aromatic nitrogens is 1. The van der Waals surface area contributed by atoms with E-state index in [0.717, 1.165) is 22.0 Å². The van der Waals surface area contributed by atoms with Gasteiger partial charge in [-0.25, -0.2) is 4.98 Å². The van der Waals surface area contributed by atoms with Gasteiger partial charge in [-0.2, -0.15) is 0 Å². The molecule has 0 saturated carbocycles. The molecule has 0 spiro atoms. The third-order valence-corrected chi connectivity index (χ3v) is 4.85. The molecule has 0 N–H and O–H groups in total. The first-order valence-corrected chi connectivity index (χ1v) is 8.88. The Balaban J connectivity index is 1.99. The molecule has 1 aromatic heterocycles. The van der Waals surface area contributed by atoms with Gasteiger partial charge in [0, 0.05) is 22.0 Å². The molecular formula is C21H12Cl2N2O2. The molecule has 27 heavy (non-hydrogen) atoms. The summed E-state index contributed by atoms with van der Waals surface area (Å²) in [7, 11) is 0. The SMILES string of the molecule is O=[N+]([O-])c1cc(-c2cc(-c3ccccc3)c3cc(Cl)ccc3n2)ccc1Cl. The number of nitrogens with zero attached hydrogens (tertiary/aromatic N) is 2. The minimum absolute atomic E-state index is 0.0969. The summed E-state index contributed by atoms with van der Waals surface area (Å²) < 4.78 is 0. The first kappa shape index (κ1) is 17.5. The minimum atomic E-state index is -0.495. The van der Waals surface area contributed by atoms with Crippen molar-refractivity contribution in [3.63, 3.8) is 0 Å². The van der Waals surface area contributed by atoms with Crippen molar-refractivity contribution in [2.24, 2.45) is 0 Å². The second-order valence-corrected chi connectivity index (χ2v) is 6.85. The van der Waals surface area contributed by atoms with Gasteiger partial charge in [-0.3, -0.25) is 10.1 Å². The van der Waals surface area contributed by atoms with E-state index >= 15 is 0 Å². The Kier molecular flexibility index (Phi) is 4.52. The Morgan fingerprint density at radius 3 is 2.37 bits per heavy atom. The quantitative estimate of drug-likeness (QED) is 0.284. The average molecular weight is 395 g/mol. The van der Waals surface area contributed by atoms with Gasteiger partial charge in [0.1, 0.15) is 5.02 Å². The monoisotopic (exact) mass is 394 g/mol. The fourth-order valence-electron chi connectivity index (χ4n) is 3.01. The predicted octanol–water partition coefficient (Wildman–Crippen LogP) is 6.78. The Bertz CT molecular complexity index is 1180. The van der Waals surface area contributed by atoms with E-state index in [2.05, 4.69) is 4.98 Å².